The van der Waals surface area contributed by atoms with Crippen LogP contribution in [0.25, 0.3) is 0 Å². The van der Waals surface area contributed by atoms with Crippen LogP contribution in [0.15, 0.2) is 18.2 Å². The van der Waals surface area contributed by atoms with E-state index in [0.29, 0.717) is 5.69 Å². The monoisotopic (exact) mass is 404 g/mol. The molecule has 4 atom stereocenters. The van der Waals surface area contributed by atoms with Crippen molar-refractivity contribution < 1.29 is 28.3 Å². The standard InChI is InChI=1S/C19H21FN4O5/c1-29-7-6-24-16(26)14-12(4-5-13(21)25)23-19(15(14)17(24)27)10-8-9(20)2-3-11(10)22-18(19)28/h2-3,8,12,14-15,23H,4-7H2,1H3,(H2,21,25)(H,22,28)/t12-,14-,15+,19+/m1/s1. The van der Waals surface area contributed by atoms with Crippen LogP contribution >= 0.6 is 0 Å². The Morgan fingerprint density at radius 1 is 1.31 bits per heavy atom. The zero-order chi connectivity index (χ0) is 20.9. The molecule has 3 aliphatic rings. The van der Waals surface area contributed by atoms with Crippen molar-refractivity contribution in [1.82, 2.24) is 10.2 Å². The number of amides is 4. The average Bonchev–Trinajstić information content (AvgIpc) is 3.24. The third kappa shape index (κ3) is 2.74. The number of carbonyl (C=O) groups excluding carboxylic acids is 4. The molecule has 2 fully saturated rings. The van der Waals surface area contributed by atoms with Crippen molar-refractivity contribution in [1.29, 1.82) is 0 Å². The molecule has 3 heterocycles. The predicted octanol–water partition coefficient (Wildman–Crippen LogP) is -0.542. The second-order valence-electron chi connectivity index (χ2n) is 7.53. The van der Waals surface area contributed by atoms with Gasteiger partial charge in [-0.05, 0) is 24.6 Å². The van der Waals surface area contributed by atoms with Crippen LogP contribution in [0.3, 0.4) is 0 Å². The Morgan fingerprint density at radius 3 is 2.76 bits per heavy atom. The van der Waals surface area contributed by atoms with Gasteiger partial charge in [0.05, 0.1) is 25.0 Å². The first-order chi connectivity index (χ1) is 13.8. The number of nitrogens with one attached hydrogen (secondary N) is 2. The van der Waals surface area contributed by atoms with E-state index in [0.717, 1.165) is 4.90 Å². The van der Waals surface area contributed by atoms with Gasteiger partial charge < -0.3 is 15.8 Å². The molecule has 4 rings (SSSR count). The van der Waals surface area contributed by atoms with E-state index >= 15 is 0 Å². The molecule has 29 heavy (non-hydrogen) atoms. The summed E-state index contributed by atoms with van der Waals surface area (Å²) < 4.78 is 19.0. The molecule has 9 nitrogen and oxygen atoms in total. The van der Waals surface area contributed by atoms with Crippen molar-refractivity contribution >= 4 is 29.3 Å². The van der Waals surface area contributed by atoms with Crippen LogP contribution in [0, 0.1) is 17.7 Å². The highest BCUT2D eigenvalue weighted by atomic mass is 19.1. The molecule has 4 amide bonds. The zero-order valence-corrected chi connectivity index (χ0v) is 15.7. The van der Waals surface area contributed by atoms with Gasteiger partial charge in [0.1, 0.15) is 11.4 Å². The van der Waals surface area contributed by atoms with Crippen LogP contribution in [-0.4, -0.2) is 54.8 Å². The summed E-state index contributed by atoms with van der Waals surface area (Å²) in [6.45, 7) is 0.206. The number of ether oxygens (including phenoxy) is 1. The fourth-order valence-electron chi connectivity index (χ4n) is 4.78. The Hall–Kier alpha value is -2.85. The number of carbonyl (C=O) groups is 4. The summed E-state index contributed by atoms with van der Waals surface area (Å²) in [7, 11) is 1.45. The maximum absolute atomic E-state index is 14.0. The van der Waals surface area contributed by atoms with Gasteiger partial charge in [-0.2, -0.15) is 0 Å². The summed E-state index contributed by atoms with van der Waals surface area (Å²) in [6.07, 6.45) is 0.154. The van der Waals surface area contributed by atoms with Gasteiger partial charge in [-0.3, -0.25) is 29.4 Å². The van der Waals surface area contributed by atoms with E-state index in [4.69, 9.17) is 10.5 Å². The predicted molar refractivity (Wildman–Crippen MR) is 97.6 cm³/mol. The SMILES string of the molecule is COCCN1C(=O)[C@H]2[C@@H](C1=O)[C@]1(N[C@@H]2CCC(N)=O)C(=O)Nc2ccc(F)cc21. The van der Waals surface area contributed by atoms with Gasteiger partial charge in [0.2, 0.25) is 23.6 Å². The van der Waals surface area contributed by atoms with Crippen molar-refractivity contribution in [3.63, 3.8) is 0 Å². The number of fused-ring (bicyclic) bond motifs is 4. The Kier molecular flexibility index (Phi) is 4.62. The first-order valence-electron chi connectivity index (χ1n) is 9.33. The normalized spacial score (nSPS) is 30.1. The molecule has 1 aromatic carbocycles. The fraction of sp³-hybridized carbons (Fsp3) is 0.474. The highest BCUT2D eigenvalue weighted by molar-refractivity contribution is 6.15. The van der Waals surface area contributed by atoms with Crippen LogP contribution in [0.1, 0.15) is 18.4 Å². The molecule has 1 spiro atoms. The molecule has 10 heteroatoms. The molecule has 2 saturated heterocycles. The van der Waals surface area contributed by atoms with E-state index in [9.17, 15) is 23.6 Å². The average molecular weight is 404 g/mol. The lowest BCUT2D eigenvalue weighted by molar-refractivity contribution is -0.143. The van der Waals surface area contributed by atoms with Gasteiger partial charge in [-0.1, -0.05) is 0 Å². The highest BCUT2D eigenvalue weighted by Gasteiger charge is 2.70. The number of imide groups is 1. The van der Waals surface area contributed by atoms with Gasteiger partial charge in [0.25, 0.3) is 0 Å². The molecule has 3 aliphatic heterocycles. The maximum Gasteiger partial charge on any atom is 0.250 e. The number of anilines is 1. The molecule has 1 aromatic rings. The number of rotatable bonds is 6. The molecule has 0 saturated carbocycles. The fourth-order valence-corrected chi connectivity index (χ4v) is 4.78. The van der Waals surface area contributed by atoms with E-state index in [2.05, 4.69) is 10.6 Å². The van der Waals surface area contributed by atoms with Crippen molar-refractivity contribution in [3.05, 3.63) is 29.6 Å². The van der Waals surface area contributed by atoms with Gasteiger partial charge in [-0.25, -0.2) is 4.39 Å². The number of nitrogens with two attached hydrogens (primary N) is 1. The number of nitrogens with zero attached hydrogens (tertiary/aromatic N) is 1. The van der Waals surface area contributed by atoms with E-state index in [-0.39, 0.29) is 31.6 Å². The first-order valence-corrected chi connectivity index (χ1v) is 9.33. The third-order valence-electron chi connectivity index (χ3n) is 5.99. The largest absolute Gasteiger partial charge is 0.383 e. The van der Waals surface area contributed by atoms with Crippen molar-refractivity contribution in [2.45, 2.75) is 24.4 Å². The number of likely N-dealkylation sites (tertiary alicyclic amines) is 1. The van der Waals surface area contributed by atoms with Gasteiger partial charge in [-0.15, -0.1) is 0 Å². The van der Waals surface area contributed by atoms with E-state index in [1.807, 2.05) is 0 Å². The molecular formula is C19H21FN4O5. The van der Waals surface area contributed by atoms with Crippen molar-refractivity contribution in [3.8, 4) is 0 Å². The lowest BCUT2D eigenvalue weighted by Crippen LogP contribution is -2.53. The molecule has 0 aliphatic carbocycles. The Labute approximate surface area is 165 Å². The minimum Gasteiger partial charge on any atom is -0.383 e. The van der Waals surface area contributed by atoms with Crippen LogP contribution in [0.2, 0.25) is 0 Å². The summed E-state index contributed by atoms with van der Waals surface area (Å²) in [4.78, 5) is 51.8. The van der Waals surface area contributed by atoms with Crippen LogP contribution in [-0.2, 0) is 29.5 Å². The first kappa shape index (κ1) is 19.5. The zero-order valence-electron chi connectivity index (χ0n) is 15.7. The summed E-state index contributed by atoms with van der Waals surface area (Å²) >= 11 is 0. The van der Waals surface area contributed by atoms with Crippen LogP contribution in [0.4, 0.5) is 10.1 Å². The summed E-state index contributed by atoms with van der Waals surface area (Å²) in [5.74, 6) is -4.51. The number of hydrogen-bond donors (Lipinski definition) is 3. The van der Waals surface area contributed by atoms with Crippen molar-refractivity contribution in [2.24, 2.45) is 17.6 Å². The minimum atomic E-state index is -1.58. The third-order valence-corrected chi connectivity index (χ3v) is 5.99. The Bertz CT molecular complexity index is 922. The second-order valence-corrected chi connectivity index (χ2v) is 7.53. The lowest BCUT2D eigenvalue weighted by Gasteiger charge is -2.29. The summed E-state index contributed by atoms with van der Waals surface area (Å²) in [5, 5.41) is 5.79. The molecule has 154 valence electrons. The molecule has 4 N–H and O–H groups in total. The van der Waals surface area contributed by atoms with Gasteiger partial charge in [0, 0.05) is 30.8 Å². The van der Waals surface area contributed by atoms with Gasteiger partial charge >= 0.3 is 0 Å². The van der Waals surface area contributed by atoms with E-state index in [1.54, 1.807) is 0 Å². The Balaban J connectivity index is 1.81. The van der Waals surface area contributed by atoms with E-state index in [1.165, 1.54) is 25.3 Å². The number of hydrogen-bond acceptors (Lipinski definition) is 6. The maximum atomic E-state index is 14.0. The van der Waals surface area contributed by atoms with Crippen molar-refractivity contribution in [2.75, 3.05) is 25.6 Å². The van der Waals surface area contributed by atoms with E-state index < -0.39 is 52.9 Å². The lowest BCUT2D eigenvalue weighted by atomic mass is 9.76. The molecule has 0 bridgehead atoms. The molecular weight excluding hydrogens is 383 g/mol. The van der Waals surface area contributed by atoms with Crippen LogP contribution < -0.4 is 16.4 Å². The number of primary amides is 1. The molecule has 0 radical (unpaired) electrons. The topological polar surface area (TPSA) is 131 Å². The highest BCUT2D eigenvalue weighted by Crippen LogP contribution is 2.53. The summed E-state index contributed by atoms with van der Waals surface area (Å²) in [5.41, 5.74) is 4.34. The summed E-state index contributed by atoms with van der Waals surface area (Å²) in [6, 6.07) is 3.19. The second kappa shape index (κ2) is 6.89. The Morgan fingerprint density at radius 2 is 2.07 bits per heavy atom. The molecule has 0 unspecified atom stereocenters. The molecule has 0 aromatic heterocycles. The minimum absolute atomic E-state index is 0.0197. The number of halogens is 1. The quantitative estimate of drug-likeness (QED) is 0.546. The number of benzene rings is 1. The number of methoxy groups -OCH3 is 1. The smallest absolute Gasteiger partial charge is 0.250 e. The van der Waals surface area contributed by atoms with Gasteiger partial charge in [0.15, 0.2) is 0 Å². The van der Waals surface area contributed by atoms with Crippen LogP contribution in [0.5, 0.6) is 0 Å².